The van der Waals surface area contributed by atoms with Crippen molar-refractivity contribution in [3.63, 3.8) is 0 Å². The number of carbonyl (C=O) groups is 1. The van der Waals surface area contributed by atoms with Gasteiger partial charge in [-0.1, -0.05) is 30.0 Å². The van der Waals surface area contributed by atoms with Gasteiger partial charge < -0.3 is 14.6 Å². The minimum absolute atomic E-state index is 0.109. The first-order valence-electron chi connectivity index (χ1n) is 8.71. The lowest BCUT2D eigenvalue weighted by atomic mass is 10.2. The molecule has 0 saturated carbocycles. The van der Waals surface area contributed by atoms with Gasteiger partial charge in [-0.15, -0.1) is 10.2 Å². The summed E-state index contributed by atoms with van der Waals surface area (Å²) in [5.74, 6) is 0.938. The third kappa shape index (κ3) is 4.51. The van der Waals surface area contributed by atoms with E-state index in [9.17, 15) is 9.18 Å². The predicted octanol–water partition coefficient (Wildman–Crippen LogP) is 3.43. The number of aromatic nitrogens is 3. The standard InChI is InChI=1S/C20H21FN4O2S/c1-13(19(26)22-12-15-6-4-5-7-17(15)27-3)28-20-24-23-18(25(20)2)14-8-10-16(21)11-9-14/h4-11,13H,12H2,1-3H3,(H,22,26)/t13-/m1/s1. The number of methoxy groups -OCH3 is 1. The Hall–Kier alpha value is -2.87. The molecule has 0 bridgehead atoms. The lowest BCUT2D eigenvalue weighted by Crippen LogP contribution is -2.30. The summed E-state index contributed by atoms with van der Waals surface area (Å²) < 4.78 is 20.2. The Kier molecular flexibility index (Phi) is 6.30. The first kappa shape index (κ1) is 19.9. The highest BCUT2D eigenvalue weighted by molar-refractivity contribution is 8.00. The van der Waals surface area contributed by atoms with Crippen molar-refractivity contribution >= 4 is 17.7 Å². The average Bonchev–Trinajstić information content (AvgIpc) is 3.07. The summed E-state index contributed by atoms with van der Waals surface area (Å²) >= 11 is 1.31. The molecule has 0 saturated heterocycles. The molecular formula is C20H21FN4O2S. The van der Waals surface area contributed by atoms with E-state index in [1.54, 1.807) is 23.8 Å². The number of para-hydroxylation sites is 1. The van der Waals surface area contributed by atoms with Crippen LogP contribution in [0.25, 0.3) is 11.4 Å². The molecule has 0 spiro atoms. The molecule has 1 N–H and O–H groups in total. The molecule has 146 valence electrons. The number of carbonyl (C=O) groups excluding carboxylic acids is 1. The predicted molar refractivity (Wildman–Crippen MR) is 107 cm³/mol. The second kappa shape index (κ2) is 8.88. The van der Waals surface area contributed by atoms with Crippen molar-refractivity contribution in [3.05, 3.63) is 59.9 Å². The van der Waals surface area contributed by atoms with Crippen LogP contribution in [0.3, 0.4) is 0 Å². The molecule has 0 fully saturated rings. The number of benzene rings is 2. The molecular weight excluding hydrogens is 379 g/mol. The van der Waals surface area contributed by atoms with E-state index in [1.165, 1.54) is 23.9 Å². The third-order valence-electron chi connectivity index (χ3n) is 4.23. The maximum atomic E-state index is 13.1. The normalized spacial score (nSPS) is 11.9. The van der Waals surface area contributed by atoms with Crippen molar-refractivity contribution in [2.45, 2.75) is 23.9 Å². The van der Waals surface area contributed by atoms with Gasteiger partial charge in [0.15, 0.2) is 11.0 Å². The van der Waals surface area contributed by atoms with E-state index in [2.05, 4.69) is 15.5 Å². The molecule has 3 aromatic rings. The van der Waals surface area contributed by atoms with Crippen molar-refractivity contribution in [2.24, 2.45) is 7.05 Å². The molecule has 28 heavy (non-hydrogen) atoms. The van der Waals surface area contributed by atoms with Crippen LogP contribution in [0.5, 0.6) is 5.75 Å². The summed E-state index contributed by atoms with van der Waals surface area (Å²) in [5, 5.41) is 11.5. The zero-order valence-electron chi connectivity index (χ0n) is 15.8. The molecule has 0 unspecified atom stereocenters. The fraction of sp³-hybridized carbons (Fsp3) is 0.250. The summed E-state index contributed by atoms with van der Waals surface area (Å²) in [4.78, 5) is 12.5. The monoisotopic (exact) mass is 400 g/mol. The van der Waals surface area contributed by atoms with Crippen LogP contribution in [0.4, 0.5) is 4.39 Å². The fourth-order valence-electron chi connectivity index (χ4n) is 2.65. The highest BCUT2D eigenvalue weighted by atomic mass is 32.2. The van der Waals surface area contributed by atoms with Crippen molar-refractivity contribution in [2.75, 3.05) is 7.11 Å². The summed E-state index contributed by atoms with van der Waals surface area (Å²) in [6, 6.07) is 13.6. The van der Waals surface area contributed by atoms with Crippen LogP contribution in [0.15, 0.2) is 53.7 Å². The quantitative estimate of drug-likeness (QED) is 0.616. The number of ether oxygens (including phenoxy) is 1. The van der Waals surface area contributed by atoms with Gasteiger partial charge in [0.25, 0.3) is 0 Å². The highest BCUT2D eigenvalue weighted by Crippen LogP contribution is 2.26. The van der Waals surface area contributed by atoms with E-state index in [1.807, 2.05) is 38.2 Å². The van der Waals surface area contributed by atoms with Gasteiger partial charge in [0.1, 0.15) is 11.6 Å². The van der Waals surface area contributed by atoms with Crippen molar-refractivity contribution in [1.82, 2.24) is 20.1 Å². The summed E-state index contributed by atoms with van der Waals surface area (Å²) in [6.45, 7) is 2.20. The molecule has 3 rings (SSSR count). The molecule has 6 nitrogen and oxygen atoms in total. The Morgan fingerprint density at radius 1 is 1.21 bits per heavy atom. The van der Waals surface area contributed by atoms with Crippen LogP contribution >= 0.6 is 11.8 Å². The number of hydrogen-bond donors (Lipinski definition) is 1. The van der Waals surface area contributed by atoms with E-state index in [4.69, 9.17) is 4.74 Å². The lowest BCUT2D eigenvalue weighted by molar-refractivity contribution is -0.120. The van der Waals surface area contributed by atoms with E-state index in [0.29, 0.717) is 17.5 Å². The topological polar surface area (TPSA) is 69.0 Å². The number of halogens is 1. The molecule has 0 aliphatic carbocycles. The van der Waals surface area contributed by atoms with Gasteiger partial charge in [0.05, 0.1) is 12.4 Å². The van der Waals surface area contributed by atoms with Crippen LogP contribution in [-0.4, -0.2) is 33.0 Å². The second-order valence-corrected chi connectivity index (χ2v) is 7.47. The first-order chi connectivity index (χ1) is 13.5. The summed E-state index contributed by atoms with van der Waals surface area (Å²) in [6.07, 6.45) is 0. The third-order valence-corrected chi connectivity index (χ3v) is 5.37. The molecule has 1 aromatic heterocycles. The van der Waals surface area contributed by atoms with Crippen LogP contribution in [0.2, 0.25) is 0 Å². The zero-order valence-corrected chi connectivity index (χ0v) is 16.7. The van der Waals surface area contributed by atoms with Crippen LogP contribution in [0.1, 0.15) is 12.5 Å². The zero-order chi connectivity index (χ0) is 20.1. The van der Waals surface area contributed by atoms with Gasteiger partial charge in [0, 0.05) is 24.7 Å². The Bertz CT molecular complexity index is 959. The molecule has 2 aromatic carbocycles. The molecule has 8 heteroatoms. The van der Waals surface area contributed by atoms with Gasteiger partial charge in [-0.2, -0.15) is 0 Å². The number of thioether (sulfide) groups is 1. The van der Waals surface area contributed by atoms with Crippen LogP contribution in [-0.2, 0) is 18.4 Å². The fourth-order valence-corrected chi connectivity index (χ4v) is 3.49. The van der Waals surface area contributed by atoms with E-state index < -0.39 is 0 Å². The Morgan fingerprint density at radius 3 is 2.64 bits per heavy atom. The maximum Gasteiger partial charge on any atom is 0.233 e. The van der Waals surface area contributed by atoms with E-state index in [-0.39, 0.29) is 17.0 Å². The molecule has 0 aliphatic heterocycles. The van der Waals surface area contributed by atoms with Gasteiger partial charge in [-0.25, -0.2) is 4.39 Å². The van der Waals surface area contributed by atoms with E-state index in [0.717, 1.165) is 16.9 Å². The van der Waals surface area contributed by atoms with Crippen LogP contribution < -0.4 is 10.1 Å². The molecule has 1 heterocycles. The van der Waals surface area contributed by atoms with Gasteiger partial charge in [-0.3, -0.25) is 4.79 Å². The van der Waals surface area contributed by atoms with Crippen LogP contribution in [0, 0.1) is 5.82 Å². The largest absolute Gasteiger partial charge is 0.496 e. The number of rotatable bonds is 7. The lowest BCUT2D eigenvalue weighted by Gasteiger charge is -2.13. The van der Waals surface area contributed by atoms with Crippen molar-refractivity contribution < 1.29 is 13.9 Å². The van der Waals surface area contributed by atoms with Gasteiger partial charge >= 0.3 is 0 Å². The Labute approximate surface area is 167 Å². The summed E-state index contributed by atoms with van der Waals surface area (Å²) in [5.41, 5.74) is 1.67. The second-order valence-electron chi connectivity index (χ2n) is 6.16. The number of nitrogens with zero attached hydrogens (tertiary/aromatic N) is 3. The Balaban J connectivity index is 1.63. The molecule has 1 amide bonds. The SMILES string of the molecule is COc1ccccc1CNC(=O)[C@@H](C)Sc1nnc(-c2ccc(F)cc2)n1C. The minimum atomic E-state index is -0.362. The average molecular weight is 400 g/mol. The summed E-state index contributed by atoms with van der Waals surface area (Å²) in [7, 11) is 3.42. The molecule has 0 radical (unpaired) electrons. The van der Waals surface area contributed by atoms with Gasteiger partial charge in [-0.05, 0) is 37.3 Å². The minimum Gasteiger partial charge on any atom is -0.496 e. The first-order valence-corrected chi connectivity index (χ1v) is 9.59. The van der Waals surface area contributed by atoms with Crippen molar-refractivity contribution in [3.8, 4) is 17.1 Å². The highest BCUT2D eigenvalue weighted by Gasteiger charge is 2.19. The van der Waals surface area contributed by atoms with Crippen molar-refractivity contribution in [1.29, 1.82) is 0 Å². The Morgan fingerprint density at radius 2 is 1.93 bits per heavy atom. The van der Waals surface area contributed by atoms with Gasteiger partial charge in [0.2, 0.25) is 5.91 Å². The molecule has 0 aliphatic rings. The molecule has 1 atom stereocenters. The van der Waals surface area contributed by atoms with E-state index >= 15 is 0 Å². The number of hydrogen-bond acceptors (Lipinski definition) is 5. The number of amides is 1. The smallest absolute Gasteiger partial charge is 0.233 e. The number of nitrogens with one attached hydrogen (secondary N) is 1. The maximum absolute atomic E-state index is 13.1.